The van der Waals surface area contributed by atoms with E-state index in [-0.39, 0.29) is 22.7 Å². The Balaban J connectivity index is 1.39. The lowest BCUT2D eigenvalue weighted by atomic mass is 10.1. The van der Waals surface area contributed by atoms with Crippen molar-refractivity contribution in [2.45, 2.75) is 31.3 Å². The van der Waals surface area contributed by atoms with Gasteiger partial charge in [0.2, 0.25) is 5.91 Å². The van der Waals surface area contributed by atoms with Crippen LogP contribution in [-0.2, 0) is 4.79 Å². The Morgan fingerprint density at radius 2 is 1.91 bits per heavy atom. The summed E-state index contributed by atoms with van der Waals surface area (Å²) >= 11 is 0. The molecule has 1 fully saturated rings. The molecule has 35 heavy (non-hydrogen) atoms. The molecule has 12 heteroatoms. The molecule has 2 amide bonds. The highest BCUT2D eigenvalue weighted by Crippen LogP contribution is 2.36. The summed E-state index contributed by atoms with van der Waals surface area (Å²) in [6, 6.07) is 5.79. The van der Waals surface area contributed by atoms with E-state index in [1.165, 1.54) is 37.1 Å². The highest BCUT2D eigenvalue weighted by Gasteiger charge is 2.52. The summed E-state index contributed by atoms with van der Waals surface area (Å²) in [5.74, 6) is -1.65. The van der Waals surface area contributed by atoms with Crippen LogP contribution in [0.2, 0.25) is 0 Å². The van der Waals surface area contributed by atoms with E-state index < -0.39 is 35.2 Å². The molecular weight excluding hydrogens is 460 g/mol. The number of carbonyl (C=O) groups excluding carboxylic acids is 2. The molecule has 1 aliphatic carbocycles. The third-order valence-electron chi connectivity index (χ3n) is 5.28. The van der Waals surface area contributed by atoms with Crippen molar-refractivity contribution in [3.8, 4) is 11.8 Å². The number of nitriles is 1. The van der Waals surface area contributed by atoms with Gasteiger partial charge in [0.1, 0.15) is 29.6 Å². The largest absolute Gasteiger partial charge is 0.413 e. The van der Waals surface area contributed by atoms with Gasteiger partial charge in [0.05, 0.1) is 47.3 Å². The number of rotatable bonds is 7. The molecule has 1 atom stereocenters. The lowest BCUT2D eigenvalue weighted by molar-refractivity contribution is -0.124. The van der Waals surface area contributed by atoms with Crippen molar-refractivity contribution < 1.29 is 23.1 Å². The van der Waals surface area contributed by atoms with Crippen LogP contribution in [0, 0.1) is 23.0 Å². The van der Waals surface area contributed by atoms with Crippen molar-refractivity contribution in [2.75, 3.05) is 5.32 Å². The number of carbonyl (C=O) groups is 2. The van der Waals surface area contributed by atoms with Gasteiger partial charge in [0, 0.05) is 6.07 Å². The number of hydrogen-bond donors (Lipinski definition) is 3. The molecule has 4 rings (SSSR count). The normalized spacial score (nSPS) is 14.2. The van der Waals surface area contributed by atoms with Gasteiger partial charge in [-0.2, -0.15) is 5.26 Å². The van der Waals surface area contributed by atoms with Crippen LogP contribution in [0.25, 0.3) is 0 Å². The second-order valence-electron chi connectivity index (χ2n) is 7.88. The van der Waals surface area contributed by atoms with E-state index >= 15 is 0 Å². The summed E-state index contributed by atoms with van der Waals surface area (Å²) in [6.45, 7) is 1.56. The number of amides is 2. The monoisotopic (exact) mass is 479 g/mol. The lowest BCUT2D eigenvalue weighted by Crippen LogP contribution is -2.50. The molecule has 10 nitrogen and oxygen atoms in total. The van der Waals surface area contributed by atoms with Gasteiger partial charge in [-0.3, -0.25) is 9.78 Å². The SMILES string of the molecule is C[C@H](NC(=O)C1(NC(=O)Oc2cncnc2)CC1)c1ncc(Nc2ccc(F)cc2C#N)cc1F. The highest BCUT2D eigenvalue weighted by molar-refractivity contribution is 5.93. The molecule has 0 aliphatic heterocycles. The maximum absolute atomic E-state index is 14.8. The summed E-state index contributed by atoms with van der Waals surface area (Å²) < 4.78 is 33.2. The van der Waals surface area contributed by atoms with Crippen LogP contribution in [0.5, 0.6) is 5.75 Å². The molecule has 2 aromatic heterocycles. The molecule has 0 bridgehead atoms. The minimum absolute atomic E-state index is 0.0247. The Morgan fingerprint density at radius 1 is 1.17 bits per heavy atom. The number of ether oxygens (including phenoxy) is 1. The number of nitrogens with zero attached hydrogens (tertiary/aromatic N) is 4. The fourth-order valence-corrected chi connectivity index (χ4v) is 3.31. The molecule has 0 spiro atoms. The molecule has 1 saturated carbocycles. The molecule has 0 radical (unpaired) electrons. The second kappa shape index (κ2) is 9.68. The Hall–Kier alpha value is -4.66. The molecule has 3 aromatic rings. The first kappa shape index (κ1) is 23.5. The summed E-state index contributed by atoms with van der Waals surface area (Å²) in [7, 11) is 0. The molecule has 1 aliphatic rings. The first-order valence-electron chi connectivity index (χ1n) is 10.5. The molecule has 3 N–H and O–H groups in total. The van der Waals surface area contributed by atoms with Gasteiger partial charge >= 0.3 is 6.09 Å². The van der Waals surface area contributed by atoms with E-state index in [1.807, 2.05) is 6.07 Å². The number of nitrogens with one attached hydrogen (secondary N) is 3. The first-order chi connectivity index (χ1) is 16.8. The Morgan fingerprint density at radius 3 is 2.57 bits per heavy atom. The van der Waals surface area contributed by atoms with E-state index in [0.717, 1.165) is 12.1 Å². The molecule has 1 aromatic carbocycles. The van der Waals surface area contributed by atoms with Crippen LogP contribution in [0.15, 0.2) is 49.2 Å². The molecule has 178 valence electrons. The topological polar surface area (TPSA) is 142 Å². The first-order valence-corrected chi connectivity index (χ1v) is 10.5. The van der Waals surface area contributed by atoms with Gasteiger partial charge in [0.25, 0.3) is 0 Å². The maximum Gasteiger partial charge on any atom is 0.413 e. The minimum Gasteiger partial charge on any atom is -0.407 e. The molecule has 0 unspecified atom stereocenters. The van der Waals surface area contributed by atoms with Crippen molar-refractivity contribution in [1.82, 2.24) is 25.6 Å². The van der Waals surface area contributed by atoms with Gasteiger partial charge in [-0.1, -0.05) is 0 Å². The van der Waals surface area contributed by atoms with Gasteiger partial charge in [-0.05, 0) is 38.0 Å². The van der Waals surface area contributed by atoms with Gasteiger partial charge < -0.3 is 20.7 Å². The summed E-state index contributed by atoms with van der Waals surface area (Å²) in [5, 5.41) is 17.2. The number of benzene rings is 1. The van der Waals surface area contributed by atoms with E-state index in [9.17, 15) is 18.4 Å². The lowest BCUT2D eigenvalue weighted by Gasteiger charge is -2.21. The zero-order valence-corrected chi connectivity index (χ0v) is 18.4. The smallest absolute Gasteiger partial charge is 0.407 e. The van der Waals surface area contributed by atoms with Gasteiger partial charge in [0.15, 0.2) is 5.75 Å². The second-order valence-corrected chi connectivity index (χ2v) is 7.88. The number of halogens is 2. The maximum atomic E-state index is 14.8. The van der Waals surface area contributed by atoms with Crippen molar-refractivity contribution in [1.29, 1.82) is 5.26 Å². The minimum atomic E-state index is -1.16. The Labute approximate surface area is 198 Å². The van der Waals surface area contributed by atoms with Crippen LogP contribution < -0.4 is 20.7 Å². The van der Waals surface area contributed by atoms with Crippen molar-refractivity contribution in [2.24, 2.45) is 0 Å². The fraction of sp³-hybridized carbons (Fsp3) is 0.217. The van der Waals surface area contributed by atoms with Crippen LogP contribution >= 0.6 is 0 Å². The van der Waals surface area contributed by atoms with Crippen LogP contribution in [0.3, 0.4) is 0 Å². The van der Waals surface area contributed by atoms with Crippen molar-refractivity contribution in [3.05, 3.63) is 72.1 Å². The summed E-state index contributed by atoms with van der Waals surface area (Å²) in [4.78, 5) is 36.5. The zero-order valence-electron chi connectivity index (χ0n) is 18.4. The number of aromatic nitrogens is 3. The van der Waals surface area contributed by atoms with Crippen LogP contribution in [0.1, 0.15) is 37.1 Å². The standard InChI is InChI=1S/C23H19F2N7O3/c1-13(30-21(33)23(4-5-23)32-22(34)35-17-10-27-12-28-11-17)20-18(25)7-16(9-29-20)31-19-3-2-15(24)6-14(19)8-26/h2-3,6-7,9-13,31H,4-5H2,1H3,(H,30,33)(H,32,34)/t13-/m0/s1. The number of pyridine rings is 1. The quantitative estimate of drug-likeness (QED) is 0.469. The van der Waals surface area contributed by atoms with E-state index in [0.29, 0.717) is 18.5 Å². The van der Waals surface area contributed by atoms with Crippen LogP contribution in [0.4, 0.5) is 25.0 Å². The number of hydrogen-bond acceptors (Lipinski definition) is 8. The van der Waals surface area contributed by atoms with E-state index in [2.05, 4.69) is 30.9 Å². The van der Waals surface area contributed by atoms with Gasteiger partial charge in [-0.15, -0.1) is 0 Å². The fourth-order valence-electron chi connectivity index (χ4n) is 3.31. The van der Waals surface area contributed by atoms with E-state index in [4.69, 9.17) is 10.00 Å². The average molecular weight is 479 g/mol. The number of anilines is 2. The summed E-state index contributed by atoms with van der Waals surface area (Å²) in [5.41, 5.74) is -0.602. The predicted molar refractivity (Wildman–Crippen MR) is 118 cm³/mol. The zero-order chi connectivity index (χ0) is 25.0. The molecular formula is C23H19F2N7O3. The predicted octanol–water partition coefficient (Wildman–Crippen LogP) is 3.26. The van der Waals surface area contributed by atoms with Crippen molar-refractivity contribution >= 4 is 23.4 Å². The van der Waals surface area contributed by atoms with Gasteiger partial charge in [-0.25, -0.2) is 23.5 Å². The van der Waals surface area contributed by atoms with E-state index in [1.54, 1.807) is 6.92 Å². The molecule has 2 heterocycles. The Kier molecular flexibility index (Phi) is 6.50. The van der Waals surface area contributed by atoms with Crippen LogP contribution in [-0.4, -0.2) is 32.5 Å². The third kappa shape index (κ3) is 5.47. The average Bonchev–Trinajstić information content (AvgIpc) is 3.61. The molecule has 0 saturated heterocycles. The Bertz CT molecular complexity index is 1310. The highest BCUT2D eigenvalue weighted by atomic mass is 19.1. The third-order valence-corrected chi connectivity index (χ3v) is 5.28. The van der Waals surface area contributed by atoms with Crippen molar-refractivity contribution in [3.63, 3.8) is 0 Å². The summed E-state index contributed by atoms with van der Waals surface area (Å²) in [6.07, 6.45) is 5.17.